The van der Waals surface area contributed by atoms with Crippen LogP contribution < -0.4 is 5.32 Å². The van der Waals surface area contributed by atoms with Crippen LogP contribution >= 0.6 is 11.8 Å². The molecule has 94 valence electrons. The van der Waals surface area contributed by atoms with Gasteiger partial charge < -0.3 is 10.1 Å². The lowest BCUT2D eigenvalue weighted by Gasteiger charge is -2.26. The van der Waals surface area contributed by atoms with Crippen LogP contribution in [0.15, 0.2) is 23.1 Å². The van der Waals surface area contributed by atoms with Gasteiger partial charge in [0.1, 0.15) is 5.82 Å². The van der Waals surface area contributed by atoms with E-state index in [1.54, 1.807) is 17.8 Å². The van der Waals surface area contributed by atoms with Crippen LogP contribution in [0.3, 0.4) is 0 Å². The number of rotatable bonds is 6. The van der Waals surface area contributed by atoms with Gasteiger partial charge in [0.15, 0.2) is 0 Å². The quantitative estimate of drug-likeness (QED) is 0.790. The summed E-state index contributed by atoms with van der Waals surface area (Å²) in [5.41, 5.74) is 0.790. The molecule has 0 bridgehead atoms. The minimum absolute atomic E-state index is 0.112. The predicted octanol–water partition coefficient (Wildman–Crippen LogP) is 2.82. The summed E-state index contributed by atoms with van der Waals surface area (Å²) in [5.74, 6) is -0.112. The molecule has 1 N–H and O–H groups in total. The molecular formula is C13H18FNOS. The van der Waals surface area contributed by atoms with Crippen molar-refractivity contribution in [1.82, 2.24) is 5.32 Å². The van der Waals surface area contributed by atoms with E-state index in [9.17, 15) is 4.39 Å². The summed E-state index contributed by atoms with van der Waals surface area (Å²) in [5, 5.41) is 3.74. The third kappa shape index (κ3) is 3.44. The fourth-order valence-electron chi connectivity index (χ4n) is 1.67. The third-order valence-electron chi connectivity index (χ3n) is 2.71. The number of nitrogens with one attached hydrogen (secondary N) is 1. The Bertz CT molecular complexity index is 368. The van der Waals surface area contributed by atoms with Crippen LogP contribution in [0, 0.1) is 5.82 Å². The molecule has 1 fully saturated rings. The maximum absolute atomic E-state index is 13.8. The van der Waals surface area contributed by atoms with Gasteiger partial charge >= 0.3 is 0 Å². The van der Waals surface area contributed by atoms with E-state index in [1.165, 1.54) is 6.07 Å². The van der Waals surface area contributed by atoms with Crippen LogP contribution in [0.4, 0.5) is 4.39 Å². The van der Waals surface area contributed by atoms with Gasteiger partial charge in [-0.3, -0.25) is 0 Å². The number of hydrogen-bond donors (Lipinski definition) is 1. The number of thioether (sulfide) groups is 1. The van der Waals surface area contributed by atoms with Crippen molar-refractivity contribution in [3.05, 3.63) is 29.6 Å². The zero-order valence-electron chi connectivity index (χ0n) is 10.0. The fourth-order valence-corrected chi connectivity index (χ4v) is 2.83. The van der Waals surface area contributed by atoms with Crippen molar-refractivity contribution in [2.45, 2.75) is 30.0 Å². The topological polar surface area (TPSA) is 21.3 Å². The fraction of sp³-hybridized carbons (Fsp3) is 0.538. The Morgan fingerprint density at radius 2 is 2.29 bits per heavy atom. The van der Waals surface area contributed by atoms with Gasteiger partial charge in [0, 0.05) is 17.0 Å². The molecule has 4 heteroatoms. The zero-order chi connectivity index (χ0) is 12.1. The molecule has 1 aliphatic rings. The highest BCUT2D eigenvalue weighted by atomic mass is 32.2. The van der Waals surface area contributed by atoms with Crippen molar-refractivity contribution < 1.29 is 9.13 Å². The van der Waals surface area contributed by atoms with E-state index in [4.69, 9.17) is 4.74 Å². The van der Waals surface area contributed by atoms with Gasteiger partial charge in [0.25, 0.3) is 0 Å². The highest BCUT2D eigenvalue weighted by Gasteiger charge is 2.21. The smallest absolute Gasteiger partial charge is 0.128 e. The lowest BCUT2D eigenvalue weighted by Crippen LogP contribution is -2.30. The third-order valence-corrected chi connectivity index (χ3v) is 3.95. The summed E-state index contributed by atoms with van der Waals surface area (Å²) in [6, 6.07) is 5.31. The Morgan fingerprint density at radius 3 is 2.94 bits per heavy atom. The summed E-state index contributed by atoms with van der Waals surface area (Å²) < 4.78 is 18.9. The lowest BCUT2D eigenvalue weighted by atomic mass is 10.2. The van der Waals surface area contributed by atoms with Crippen molar-refractivity contribution in [3.63, 3.8) is 0 Å². The molecule has 2 rings (SSSR count). The zero-order valence-corrected chi connectivity index (χ0v) is 10.9. The van der Waals surface area contributed by atoms with Crippen molar-refractivity contribution >= 4 is 11.8 Å². The van der Waals surface area contributed by atoms with Gasteiger partial charge in [-0.15, -0.1) is 11.8 Å². The Kier molecular flexibility index (Phi) is 4.83. The van der Waals surface area contributed by atoms with Gasteiger partial charge in [-0.1, -0.05) is 13.0 Å². The minimum atomic E-state index is -0.112. The summed E-state index contributed by atoms with van der Waals surface area (Å²) in [6.45, 7) is 5.20. The van der Waals surface area contributed by atoms with Crippen LogP contribution in [0.1, 0.15) is 18.9 Å². The van der Waals surface area contributed by atoms with Crippen LogP contribution in [0.2, 0.25) is 0 Å². The van der Waals surface area contributed by atoms with E-state index in [1.807, 2.05) is 6.07 Å². The van der Waals surface area contributed by atoms with Crippen molar-refractivity contribution in [2.24, 2.45) is 0 Å². The van der Waals surface area contributed by atoms with Gasteiger partial charge in [-0.05, 0) is 25.1 Å². The normalized spacial score (nSPS) is 15.9. The Hall–Kier alpha value is -0.580. The molecule has 17 heavy (non-hydrogen) atoms. The average Bonchev–Trinajstić information content (AvgIpc) is 2.27. The Morgan fingerprint density at radius 1 is 1.47 bits per heavy atom. The van der Waals surface area contributed by atoms with E-state index in [2.05, 4.69) is 12.2 Å². The van der Waals surface area contributed by atoms with Gasteiger partial charge in [0.2, 0.25) is 0 Å². The van der Waals surface area contributed by atoms with Crippen molar-refractivity contribution in [2.75, 3.05) is 19.8 Å². The Labute approximate surface area is 106 Å². The number of hydrogen-bond acceptors (Lipinski definition) is 3. The molecule has 0 aliphatic carbocycles. The van der Waals surface area contributed by atoms with Gasteiger partial charge in [-0.25, -0.2) is 4.39 Å². The molecule has 0 radical (unpaired) electrons. The average molecular weight is 255 g/mol. The van der Waals surface area contributed by atoms with Crippen LogP contribution in [-0.2, 0) is 11.3 Å². The first kappa shape index (κ1) is 12.9. The van der Waals surface area contributed by atoms with Crippen molar-refractivity contribution in [3.8, 4) is 0 Å². The largest absolute Gasteiger partial charge is 0.379 e. The van der Waals surface area contributed by atoms with Gasteiger partial charge in [-0.2, -0.15) is 0 Å². The summed E-state index contributed by atoms with van der Waals surface area (Å²) in [7, 11) is 0. The first-order valence-electron chi connectivity index (χ1n) is 6.03. The number of benzene rings is 1. The molecule has 1 aliphatic heterocycles. The number of halogens is 1. The molecule has 0 atom stereocenters. The molecule has 1 aromatic carbocycles. The minimum Gasteiger partial charge on any atom is -0.379 e. The molecule has 0 spiro atoms. The Balaban J connectivity index is 2.03. The van der Waals surface area contributed by atoms with E-state index in [0.29, 0.717) is 11.8 Å². The molecule has 1 saturated heterocycles. The highest BCUT2D eigenvalue weighted by Crippen LogP contribution is 2.31. The molecule has 0 amide bonds. The summed E-state index contributed by atoms with van der Waals surface area (Å²) >= 11 is 1.72. The predicted molar refractivity (Wildman–Crippen MR) is 68.9 cm³/mol. The second-order valence-electron chi connectivity index (χ2n) is 4.17. The van der Waals surface area contributed by atoms with E-state index in [0.717, 1.165) is 36.6 Å². The molecule has 0 saturated carbocycles. The molecule has 0 unspecified atom stereocenters. The molecular weight excluding hydrogens is 237 g/mol. The van der Waals surface area contributed by atoms with Crippen molar-refractivity contribution in [1.29, 1.82) is 0 Å². The van der Waals surface area contributed by atoms with E-state index < -0.39 is 0 Å². The SMILES string of the molecule is CCCNCc1c(F)cccc1SC1COC1. The second kappa shape index (κ2) is 6.38. The standard InChI is InChI=1S/C13H18FNOS/c1-2-6-15-7-11-12(14)4-3-5-13(11)17-10-8-16-9-10/h3-5,10,15H,2,6-9H2,1H3. The maximum atomic E-state index is 13.8. The molecule has 1 aromatic rings. The van der Waals surface area contributed by atoms with Gasteiger partial charge in [0.05, 0.1) is 18.5 Å². The summed E-state index contributed by atoms with van der Waals surface area (Å²) in [6.07, 6.45) is 1.06. The maximum Gasteiger partial charge on any atom is 0.128 e. The van der Waals surface area contributed by atoms with Crippen LogP contribution in [-0.4, -0.2) is 25.0 Å². The second-order valence-corrected chi connectivity index (χ2v) is 5.51. The first-order valence-corrected chi connectivity index (χ1v) is 6.91. The molecule has 1 heterocycles. The monoisotopic (exact) mass is 255 g/mol. The van der Waals surface area contributed by atoms with E-state index in [-0.39, 0.29) is 5.82 Å². The first-order chi connectivity index (χ1) is 8.31. The number of ether oxygens (including phenoxy) is 1. The summed E-state index contributed by atoms with van der Waals surface area (Å²) in [4.78, 5) is 1.04. The highest BCUT2D eigenvalue weighted by molar-refractivity contribution is 8.00. The molecule has 2 nitrogen and oxygen atoms in total. The molecule has 0 aromatic heterocycles. The van der Waals surface area contributed by atoms with E-state index >= 15 is 0 Å². The van der Waals surface area contributed by atoms with Crippen LogP contribution in [0.5, 0.6) is 0 Å². The van der Waals surface area contributed by atoms with Crippen LogP contribution in [0.25, 0.3) is 0 Å². The lowest BCUT2D eigenvalue weighted by molar-refractivity contribution is 0.0455.